The fraction of sp³-hybridized carbons (Fsp3) is 0.200. The number of carbonyl (C=O) groups is 1. The van der Waals surface area contributed by atoms with Crippen LogP contribution in [0.3, 0.4) is 0 Å². The highest BCUT2D eigenvalue weighted by Gasteiger charge is 2.25. The number of benzene rings is 1. The number of fused-ring (bicyclic) bond motifs is 2. The molecule has 5 nitrogen and oxygen atoms in total. The van der Waals surface area contributed by atoms with Crippen molar-refractivity contribution in [3.05, 3.63) is 46.1 Å². The van der Waals surface area contributed by atoms with Gasteiger partial charge in [0, 0.05) is 34.8 Å². The van der Waals surface area contributed by atoms with Gasteiger partial charge in [-0.25, -0.2) is 13.8 Å². The quantitative estimate of drug-likeness (QED) is 0.718. The molecular weight excluding hydrogens is 322 g/mol. The summed E-state index contributed by atoms with van der Waals surface area (Å²) in [6.45, 7) is 0.980. The molecule has 0 saturated carbocycles. The molecule has 1 aliphatic heterocycles. The molecule has 8 heteroatoms. The van der Waals surface area contributed by atoms with Gasteiger partial charge in [0.2, 0.25) is 0 Å². The number of nitrogens with one attached hydrogen (secondary N) is 1. The van der Waals surface area contributed by atoms with Crippen molar-refractivity contribution < 1.29 is 13.6 Å². The van der Waals surface area contributed by atoms with Crippen LogP contribution in [0.25, 0.3) is 10.9 Å². The second-order valence-corrected chi connectivity index (χ2v) is 6.55. The Morgan fingerprint density at radius 1 is 1.30 bits per heavy atom. The van der Waals surface area contributed by atoms with Crippen molar-refractivity contribution in [1.82, 2.24) is 14.9 Å². The average Bonchev–Trinajstić information content (AvgIpc) is 3.08. The van der Waals surface area contributed by atoms with Crippen LogP contribution in [-0.4, -0.2) is 27.3 Å². The maximum atomic E-state index is 13.3. The first kappa shape index (κ1) is 14.1. The van der Waals surface area contributed by atoms with E-state index in [1.165, 1.54) is 17.4 Å². The zero-order valence-corrected chi connectivity index (χ0v) is 12.7. The number of rotatable bonds is 1. The van der Waals surface area contributed by atoms with E-state index in [-0.39, 0.29) is 5.91 Å². The SMILES string of the molecule is Nc1nc2c(s1)CN(C(=O)c1cc3cc(F)c(F)cc3[nH]1)CC2. The summed E-state index contributed by atoms with van der Waals surface area (Å²) in [7, 11) is 0. The van der Waals surface area contributed by atoms with Gasteiger partial charge in [0.05, 0.1) is 12.2 Å². The summed E-state index contributed by atoms with van der Waals surface area (Å²) in [5.74, 6) is -2.08. The molecule has 0 aliphatic carbocycles. The molecule has 0 radical (unpaired) electrons. The third-order valence-electron chi connectivity index (χ3n) is 3.93. The van der Waals surface area contributed by atoms with Crippen LogP contribution in [0.5, 0.6) is 0 Å². The largest absolute Gasteiger partial charge is 0.375 e. The lowest BCUT2D eigenvalue weighted by Crippen LogP contribution is -2.35. The molecule has 0 bridgehead atoms. The molecular formula is C15H12F2N4OS. The summed E-state index contributed by atoms with van der Waals surface area (Å²) in [5, 5.41) is 0.966. The minimum atomic E-state index is -0.943. The molecule has 1 aliphatic rings. The standard InChI is InChI=1S/C15H12F2N4OS/c16-8-3-7-4-12(19-11(7)5-9(8)17)14(22)21-2-1-10-13(6-21)23-15(18)20-10/h3-5,19H,1-2,6H2,(H2,18,20). The molecule has 3 N–H and O–H groups in total. The van der Waals surface area contributed by atoms with Crippen LogP contribution in [0.2, 0.25) is 0 Å². The van der Waals surface area contributed by atoms with Gasteiger partial charge in [-0.05, 0) is 12.1 Å². The molecule has 1 aromatic carbocycles. The normalized spacial score (nSPS) is 14.3. The van der Waals surface area contributed by atoms with Gasteiger partial charge in [-0.2, -0.15) is 0 Å². The van der Waals surface area contributed by atoms with Crippen LogP contribution in [-0.2, 0) is 13.0 Å². The average molecular weight is 334 g/mol. The van der Waals surface area contributed by atoms with Crippen LogP contribution in [0.1, 0.15) is 21.1 Å². The monoisotopic (exact) mass is 334 g/mol. The number of aromatic nitrogens is 2. The van der Waals surface area contributed by atoms with Crippen LogP contribution in [0, 0.1) is 11.6 Å². The summed E-state index contributed by atoms with van der Waals surface area (Å²) in [5.41, 5.74) is 7.35. The summed E-state index contributed by atoms with van der Waals surface area (Å²) < 4.78 is 26.6. The van der Waals surface area contributed by atoms with Gasteiger partial charge in [-0.15, -0.1) is 11.3 Å². The number of carbonyl (C=O) groups excluding carboxylic acids is 1. The molecule has 1 amide bonds. The molecule has 2 aromatic heterocycles. The highest BCUT2D eigenvalue weighted by molar-refractivity contribution is 7.15. The smallest absolute Gasteiger partial charge is 0.270 e. The van der Waals surface area contributed by atoms with Crippen molar-refractivity contribution in [2.45, 2.75) is 13.0 Å². The highest BCUT2D eigenvalue weighted by Crippen LogP contribution is 2.28. The summed E-state index contributed by atoms with van der Waals surface area (Å²) >= 11 is 1.38. The zero-order chi connectivity index (χ0) is 16.1. The fourth-order valence-electron chi connectivity index (χ4n) is 2.80. The van der Waals surface area contributed by atoms with E-state index < -0.39 is 11.6 Å². The molecule has 4 rings (SSSR count). The third-order valence-corrected chi connectivity index (χ3v) is 4.84. The van der Waals surface area contributed by atoms with Crippen molar-refractivity contribution >= 4 is 33.3 Å². The fourth-order valence-corrected chi connectivity index (χ4v) is 3.70. The number of nitrogens with zero attached hydrogens (tertiary/aromatic N) is 2. The van der Waals surface area contributed by atoms with Crippen molar-refractivity contribution in [2.24, 2.45) is 0 Å². The number of H-pyrrole nitrogens is 1. The summed E-state index contributed by atoms with van der Waals surface area (Å²) in [6, 6.07) is 3.67. The van der Waals surface area contributed by atoms with Crippen LogP contribution in [0.4, 0.5) is 13.9 Å². The minimum absolute atomic E-state index is 0.209. The summed E-state index contributed by atoms with van der Waals surface area (Å²) in [6.07, 6.45) is 0.651. The Hall–Kier alpha value is -2.48. The lowest BCUT2D eigenvalue weighted by Gasteiger charge is -2.25. The Morgan fingerprint density at radius 3 is 2.91 bits per heavy atom. The Bertz CT molecular complexity index is 894. The van der Waals surface area contributed by atoms with Crippen LogP contribution < -0.4 is 5.73 Å². The van der Waals surface area contributed by atoms with Crippen LogP contribution >= 0.6 is 11.3 Å². The Morgan fingerprint density at radius 2 is 2.09 bits per heavy atom. The maximum Gasteiger partial charge on any atom is 0.270 e. The van der Waals surface area contributed by atoms with E-state index in [4.69, 9.17) is 5.73 Å². The lowest BCUT2D eigenvalue weighted by molar-refractivity contribution is 0.0731. The molecule has 3 heterocycles. The number of hydrogen-bond acceptors (Lipinski definition) is 4. The number of thiazole rings is 1. The molecule has 23 heavy (non-hydrogen) atoms. The predicted octanol–water partition coefficient (Wildman–Crippen LogP) is 2.68. The van der Waals surface area contributed by atoms with Gasteiger partial charge in [0.1, 0.15) is 5.69 Å². The molecule has 0 saturated heterocycles. The minimum Gasteiger partial charge on any atom is -0.375 e. The van der Waals surface area contributed by atoms with Gasteiger partial charge < -0.3 is 15.6 Å². The van der Waals surface area contributed by atoms with E-state index >= 15 is 0 Å². The van der Waals surface area contributed by atoms with E-state index in [1.54, 1.807) is 4.90 Å². The molecule has 118 valence electrons. The lowest BCUT2D eigenvalue weighted by atomic mass is 10.1. The number of anilines is 1. The Kier molecular flexibility index (Phi) is 3.08. The molecule has 0 unspecified atom stereocenters. The van der Waals surface area contributed by atoms with Gasteiger partial charge in [-0.3, -0.25) is 4.79 Å². The van der Waals surface area contributed by atoms with Crippen LogP contribution in [0.15, 0.2) is 18.2 Å². The molecule has 3 aromatic rings. The van der Waals surface area contributed by atoms with Crippen molar-refractivity contribution in [1.29, 1.82) is 0 Å². The Labute approximate surface area is 133 Å². The first-order valence-corrected chi connectivity index (χ1v) is 7.84. The van der Waals surface area contributed by atoms with E-state index in [0.29, 0.717) is 41.2 Å². The van der Waals surface area contributed by atoms with E-state index in [0.717, 1.165) is 22.7 Å². The van der Waals surface area contributed by atoms with Crippen molar-refractivity contribution in [2.75, 3.05) is 12.3 Å². The number of nitrogen functional groups attached to an aromatic ring is 1. The predicted molar refractivity (Wildman–Crippen MR) is 83.2 cm³/mol. The molecule has 0 fully saturated rings. The van der Waals surface area contributed by atoms with Crippen molar-refractivity contribution in [3.63, 3.8) is 0 Å². The third kappa shape index (κ3) is 2.35. The second-order valence-electron chi connectivity index (χ2n) is 5.44. The Balaban J connectivity index is 1.64. The van der Waals surface area contributed by atoms with Gasteiger partial charge >= 0.3 is 0 Å². The van der Waals surface area contributed by atoms with Gasteiger partial charge in [0.25, 0.3) is 5.91 Å². The first-order valence-electron chi connectivity index (χ1n) is 7.02. The molecule has 0 atom stereocenters. The van der Waals surface area contributed by atoms with E-state index in [9.17, 15) is 13.6 Å². The van der Waals surface area contributed by atoms with Gasteiger partial charge in [0.15, 0.2) is 16.8 Å². The van der Waals surface area contributed by atoms with Gasteiger partial charge in [-0.1, -0.05) is 0 Å². The van der Waals surface area contributed by atoms with E-state index in [2.05, 4.69) is 9.97 Å². The number of aromatic amines is 1. The number of hydrogen-bond donors (Lipinski definition) is 2. The number of amides is 1. The first-order chi connectivity index (χ1) is 11.0. The number of nitrogens with two attached hydrogens (primary N) is 1. The molecule has 0 spiro atoms. The highest BCUT2D eigenvalue weighted by atomic mass is 32.1. The second kappa shape index (κ2) is 5.02. The summed E-state index contributed by atoms with van der Waals surface area (Å²) in [4.78, 5) is 22.4. The topological polar surface area (TPSA) is 75.0 Å². The maximum absolute atomic E-state index is 13.3. The zero-order valence-electron chi connectivity index (χ0n) is 11.9. The van der Waals surface area contributed by atoms with Crippen molar-refractivity contribution in [3.8, 4) is 0 Å². The number of halogens is 2. The van der Waals surface area contributed by atoms with E-state index in [1.807, 2.05) is 0 Å².